The molecule has 0 radical (unpaired) electrons. The largest absolute Gasteiger partial charge is 0.492 e. The van der Waals surface area contributed by atoms with Crippen LogP contribution in [0.1, 0.15) is 6.42 Å². The smallest absolute Gasteiger partial charge is 0.387 e. The van der Waals surface area contributed by atoms with Crippen molar-refractivity contribution in [3.05, 3.63) is 56.3 Å². The van der Waals surface area contributed by atoms with Gasteiger partial charge in [0, 0.05) is 12.0 Å². The Hall–Kier alpha value is -2.20. The minimum atomic E-state index is -3.09. The molecule has 4 rings (SSSR count). The van der Waals surface area contributed by atoms with Gasteiger partial charge < -0.3 is 23.4 Å². The van der Waals surface area contributed by atoms with Gasteiger partial charge in [-0.2, -0.15) is 8.78 Å². The molecule has 3 aromatic rings. The van der Waals surface area contributed by atoms with Gasteiger partial charge in [0.05, 0.1) is 40.3 Å². The van der Waals surface area contributed by atoms with Crippen LogP contribution in [0.4, 0.5) is 8.78 Å². The van der Waals surface area contributed by atoms with Crippen molar-refractivity contribution in [2.45, 2.75) is 19.3 Å². The Bertz CT molecular complexity index is 1150. The van der Waals surface area contributed by atoms with Gasteiger partial charge in [0.2, 0.25) is 5.43 Å². The van der Waals surface area contributed by atoms with Crippen LogP contribution in [-0.2, 0) is 9.47 Å². The van der Waals surface area contributed by atoms with Crippen molar-refractivity contribution in [2.24, 2.45) is 0 Å². The monoisotopic (exact) mass is 516 g/mol. The van der Waals surface area contributed by atoms with E-state index in [0.29, 0.717) is 29.9 Å². The number of halogens is 4. The van der Waals surface area contributed by atoms with Gasteiger partial charge in [-0.25, -0.2) is 0 Å². The van der Waals surface area contributed by atoms with Crippen molar-refractivity contribution >= 4 is 38.5 Å². The van der Waals surface area contributed by atoms with E-state index in [2.05, 4.69) is 20.7 Å². The molecule has 1 saturated heterocycles. The molecule has 0 unspecified atom stereocenters. The lowest BCUT2D eigenvalue weighted by molar-refractivity contribution is -0.0535. The van der Waals surface area contributed by atoms with Gasteiger partial charge in [0.15, 0.2) is 11.9 Å². The topological polar surface area (TPSA) is 67.1 Å². The van der Waals surface area contributed by atoms with Gasteiger partial charge in [-0.1, -0.05) is 17.7 Å². The summed E-state index contributed by atoms with van der Waals surface area (Å²) in [4.78, 5) is 13.1. The lowest BCUT2D eigenvalue weighted by Gasteiger charge is -2.16. The van der Waals surface area contributed by atoms with E-state index in [0.717, 1.165) is 0 Å². The number of rotatable bonds is 7. The summed E-state index contributed by atoms with van der Waals surface area (Å²) in [6, 6.07) is 7.50. The number of alkyl halides is 2. The number of benzene rings is 2. The highest BCUT2D eigenvalue weighted by Crippen LogP contribution is 2.39. The van der Waals surface area contributed by atoms with Crippen molar-refractivity contribution in [2.75, 3.05) is 19.8 Å². The molecule has 1 aliphatic rings. The zero-order valence-electron chi connectivity index (χ0n) is 15.9. The molecule has 0 amide bonds. The first-order valence-electron chi connectivity index (χ1n) is 9.29. The van der Waals surface area contributed by atoms with Crippen LogP contribution in [0, 0.1) is 0 Å². The molecular formula is C21H16BrClF2O6. The van der Waals surface area contributed by atoms with Crippen molar-refractivity contribution < 1.29 is 32.1 Å². The summed E-state index contributed by atoms with van der Waals surface area (Å²) in [7, 11) is 0. The maximum atomic E-state index is 13.1. The summed E-state index contributed by atoms with van der Waals surface area (Å²) < 4.78 is 53.1. The highest BCUT2D eigenvalue weighted by atomic mass is 79.9. The fourth-order valence-corrected chi connectivity index (χ4v) is 3.85. The number of hydrogen-bond donors (Lipinski definition) is 0. The molecule has 164 valence electrons. The lowest BCUT2D eigenvalue weighted by atomic mass is 10.0. The third-order valence-corrected chi connectivity index (χ3v) is 5.51. The maximum Gasteiger partial charge on any atom is 0.387 e. The summed E-state index contributed by atoms with van der Waals surface area (Å²) in [5.74, 6) is 0.130. The first kappa shape index (κ1) is 22.0. The van der Waals surface area contributed by atoms with Gasteiger partial charge in [0.25, 0.3) is 0 Å². The minimum Gasteiger partial charge on any atom is -0.492 e. The predicted octanol–water partition coefficient (Wildman–Crippen LogP) is 5.62. The quantitative estimate of drug-likeness (QED) is 0.405. The number of fused-ring (bicyclic) bond motifs is 1. The maximum absolute atomic E-state index is 13.1. The van der Waals surface area contributed by atoms with Crippen molar-refractivity contribution in [1.29, 1.82) is 0 Å². The van der Waals surface area contributed by atoms with E-state index < -0.39 is 12.0 Å². The van der Waals surface area contributed by atoms with E-state index in [1.165, 1.54) is 18.4 Å². The average molecular weight is 518 g/mol. The Kier molecular flexibility index (Phi) is 6.76. The van der Waals surface area contributed by atoms with Gasteiger partial charge >= 0.3 is 6.61 Å². The molecule has 1 fully saturated rings. The first-order valence-corrected chi connectivity index (χ1v) is 10.5. The number of ether oxygens (including phenoxy) is 4. The Balaban J connectivity index is 1.73. The Morgan fingerprint density at radius 1 is 1.16 bits per heavy atom. The zero-order valence-corrected chi connectivity index (χ0v) is 18.3. The van der Waals surface area contributed by atoms with Gasteiger partial charge in [-0.3, -0.25) is 4.79 Å². The van der Waals surface area contributed by atoms with Crippen LogP contribution in [0.5, 0.6) is 11.5 Å². The normalized spacial score (nSPS) is 14.5. The fourth-order valence-electron chi connectivity index (χ4n) is 3.20. The molecule has 1 aliphatic heterocycles. The van der Waals surface area contributed by atoms with E-state index in [4.69, 9.17) is 30.2 Å². The second-order valence-electron chi connectivity index (χ2n) is 6.56. The lowest BCUT2D eigenvalue weighted by Crippen LogP contribution is -2.13. The van der Waals surface area contributed by atoms with Gasteiger partial charge in [0.1, 0.15) is 17.8 Å². The molecular weight excluding hydrogens is 502 g/mol. The first-order chi connectivity index (χ1) is 14.9. The zero-order chi connectivity index (χ0) is 22.0. The molecule has 0 bridgehead atoms. The van der Waals surface area contributed by atoms with E-state index in [-0.39, 0.29) is 45.8 Å². The Morgan fingerprint density at radius 3 is 2.68 bits per heavy atom. The SMILES string of the molecule is O=c1c(-c2cc(OCCC3OCCO3)c(Br)cc2OC(F)F)coc2c(Cl)cccc12. The highest BCUT2D eigenvalue weighted by molar-refractivity contribution is 9.10. The molecule has 1 aromatic heterocycles. The predicted molar refractivity (Wildman–Crippen MR) is 113 cm³/mol. The van der Waals surface area contributed by atoms with Crippen molar-refractivity contribution in [1.82, 2.24) is 0 Å². The molecule has 2 aromatic carbocycles. The van der Waals surface area contributed by atoms with Gasteiger partial charge in [-0.05, 0) is 40.2 Å². The van der Waals surface area contributed by atoms with Crippen LogP contribution in [0.2, 0.25) is 5.02 Å². The van der Waals surface area contributed by atoms with Crippen LogP contribution in [-0.4, -0.2) is 32.7 Å². The third-order valence-electron chi connectivity index (χ3n) is 4.59. The highest BCUT2D eigenvalue weighted by Gasteiger charge is 2.21. The standard InChI is InChI=1S/C21H16BrClF2O6/c22-14-9-16(31-21(24)25)12(8-17(14)27-5-4-18-28-6-7-29-18)13-10-30-20-11(19(13)26)2-1-3-15(20)23/h1-3,8-10,18,21H,4-7H2. The summed E-state index contributed by atoms with van der Waals surface area (Å²) in [6.07, 6.45) is 1.30. The van der Waals surface area contributed by atoms with E-state index in [9.17, 15) is 13.6 Å². The third kappa shape index (κ3) is 4.85. The van der Waals surface area contributed by atoms with Crippen LogP contribution in [0.15, 0.2) is 50.3 Å². The number of hydrogen-bond acceptors (Lipinski definition) is 6. The molecule has 0 N–H and O–H groups in total. The van der Waals surface area contributed by atoms with Gasteiger partial charge in [-0.15, -0.1) is 0 Å². The molecule has 31 heavy (non-hydrogen) atoms. The molecule has 2 heterocycles. The molecule has 0 atom stereocenters. The average Bonchev–Trinajstić information content (AvgIpc) is 3.24. The fraction of sp³-hybridized carbons (Fsp3) is 0.286. The van der Waals surface area contributed by atoms with E-state index >= 15 is 0 Å². The van der Waals surface area contributed by atoms with Crippen LogP contribution >= 0.6 is 27.5 Å². The summed E-state index contributed by atoms with van der Waals surface area (Å²) in [6.45, 7) is -1.78. The summed E-state index contributed by atoms with van der Waals surface area (Å²) >= 11 is 9.38. The number of para-hydroxylation sites is 1. The molecule has 0 aliphatic carbocycles. The molecule has 10 heteroatoms. The van der Waals surface area contributed by atoms with Crippen molar-refractivity contribution in [3.8, 4) is 22.6 Å². The molecule has 0 saturated carbocycles. The van der Waals surface area contributed by atoms with Crippen LogP contribution < -0.4 is 14.9 Å². The van der Waals surface area contributed by atoms with Crippen LogP contribution in [0.3, 0.4) is 0 Å². The summed E-state index contributed by atoms with van der Waals surface area (Å²) in [5, 5.41) is 0.482. The second-order valence-corrected chi connectivity index (χ2v) is 7.82. The molecule has 0 spiro atoms. The van der Waals surface area contributed by atoms with E-state index in [1.807, 2.05) is 0 Å². The van der Waals surface area contributed by atoms with Crippen LogP contribution in [0.25, 0.3) is 22.1 Å². The Labute approximate surface area is 188 Å². The second kappa shape index (κ2) is 9.52. The molecule has 6 nitrogen and oxygen atoms in total. The van der Waals surface area contributed by atoms with E-state index in [1.54, 1.807) is 18.2 Å². The summed E-state index contributed by atoms with van der Waals surface area (Å²) in [5.41, 5.74) is -0.101. The Morgan fingerprint density at radius 2 is 1.94 bits per heavy atom. The van der Waals surface area contributed by atoms with Crippen molar-refractivity contribution in [3.63, 3.8) is 0 Å². The minimum absolute atomic E-state index is 0.0326.